The number of aromatic nitrogens is 4. The predicted molar refractivity (Wildman–Crippen MR) is 114 cm³/mol. The summed E-state index contributed by atoms with van der Waals surface area (Å²) in [6.45, 7) is 6.58. The topological polar surface area (TPSA) is 125 Å². The molecule has 30 heavy (non-hydrogen) atoms. The number of H-pyrrole nitrogens is 1. The zero-order valence-corrected chi connectivity index (χ0v) is 17.5. The lowest BCUT2D eigenvalue weighted by atomic mass is 10.0. The number of anilines is 1. The Kier molecular flexibility index (Phi) is 6.71. The normalized spacial score (nSPS) is 12.1. The van der Waals surface area contributed by atoms with E-state index in [0.29, 0.717) is 36.4 Å². The molecule has 160 valence electrons. The Morgan fingerprint density at radius 3 is 2.57 bits per heavy atom. The van der Waals surface area contributed by atoms with E-state index in [1.165, 1.54) is 0 Å². The van der Waals surface area contributed by atoms with Crippen LogP contribution < -0.4 is 16.2 Å². The fourth-order valence-corrected chi connectivity index (χ4v) is 3.29. The molecule has 0 amide bonds. The first kappa shape index (κ1) is 21.4. The number of nitrogens with two attached hydrogens (primary N) is 1. The molecule has 1 aromatic carbocycles. The third-order valence-corrected chi connectivity index (χ3v) is 4.81. The van der Waals surface area contributed by atoms with Gasteiger partial charge in [-0.3, -0.25) is 4.57 Å². The number of esters is 1. The Morgan fingerprint density at radius 1 is 1.20 bits per heavy atom. The minimum Gasteiger partial charge on any atom is -0.463 e. The highest BCUT2D eigenvalue weighted by molar-refractivity contribution is 5.89. The number of ether oxygens (including phenoxy) is 2. The van der Waals surface area contributed by atoms with Gasteiger partial charge in [0.25, 0.3) is 0 Å². The van der Waals surface area contributed by atoms with Gasteiger partial charge in [-0.2, -0.15) is 9.97 Å². The van der Waals surface area contributed by atoms with Crippen LogP contribution in [0, 0.1) is 0 Å². The van der Waals surface area contributed by atoms with Crippen molar-refractivity contribution >= 4 is 23.0 Å². The molecular formula is C21H27N5O4. The van der Waals surface area contributed by atoms with E-state index in [9.17, 15) is 9.59 Å². The summed E-state index contributed by atoms with van der Waals surface area (Å²) in [5, 5.41) is 0. The van der Waals surface area contributed by atoms with Crippen LogP contribution in [-0.4, -0.2) is 38.7 Å². The van der Waals surface area contributed by atoms with E-state index in [0.717, 1.165) is 18.4 Å². The fourth-order valence-electron chi connectivity index (χ4n) is 3.29. The molecule has 9 heteroatoms. The summed E-state index contributed by atoms with van der Waals surface area (Å²) in [5.41, 5.74) is 7.79. The van der Waals surface area contributed by atoms with Crippen LogP contribution in [0.5, 0.6) is 6.01 Å². The van der Waals surface area contributed by atoms with Gasteiger partial charge in [-0.1, -0.05) is 32.4 Å². The summed E-state index contributed by atoms with van der Waals surface area (Å²) in [4.78, 5) is 36.0. The van der Waals surface area contributed by atoms with Crippen LogP contribution in [0.2, 0.25) is 0 Å². The standard InChI is InChI=1S/C21H27N5O4/c1-4-7-12-30-20-24-17(22)16-18(25-20)26(21(28)23-16)15(5-2)13-8-10-14(11-9-13)19(27)29-6-3/h8-11,15H,4-7,12H2,1-3H3,(H,23,28)(H2,22,24,25). The third kappa shape index (κ3) is 4.29. The van der Waals surface area contributed by atoms with Gasteiger partial charge < -0.3 is 20.2 Å². The van der Waals surface area contributed by atoms with Crippen LogP contribution >= 0.6 is 0 Å². The highest BCUT2D eigenvalue weighted by Gasteiger charge is 2.22. The number of nitrogens with one attached hydrogen (secondary N) is 1. The maximum Gasteiger partial charge on any atom is 0.338 e. The Hall–Kier alpha value is -3.36. The molecule has 3 N–H and O–H groups in total. The van der Waals surface area contributed by atoms with Gasteiger partial charge in [-0.15, -0.1) is 0 Å². The molecular weight excluding hydrogens is 386 g/mol. The third-order valence-electron chi connectivity index (χ3n) is 4.81. The molecule has 0 aliphatic rings. The van der Waals surface area contributed by atoms with Gasteiger partial charge in [-0.05, 0) is 37.5 Å². The second-order valence-corrected chi connectivity index (χ2v) is 6.86. The van der Waals surface area contributed by atoms with Crippen LogP contribution in [0.4, 0.5) is 5.82 Å². The summed E-state index contributed by atoms with van der Waals surface area (Å²) in [6, 6.07) is 6.86. The number of carbonyl (C=O) groups is 1. The van der Waals surface area contributed by atoms with Crippen LogP contribution in [0.25, 0.3) is 11.2 Å². The molecule has 0 bridgehead atoms. The van der Waals surface area contributed by atoms with Crippen molar-refractivity contribution in [2.24, 2.45) is 0 Å². The molecule has 0 radical (unpaired) electrons. The number of carbonyl (C=O) groups excluding carboxylic acids is 1. The number of aromatic amines is 1. The average Bonchev–Trinajstić information content (AvgIpc) is 3.06. The van der Waals surface area contributed by atoms with Crippen molar-refractivity contribution in [3.63, 3.8) is 0 Å². The summed E-state index contributed by atoms with van der Waals surface area (Å²) < 4.78 is 12.2. The molecule has 9 nitrogen and oxygen atoms in total. The lowest BCUT2D eigenvalue weighted by molar-refractivity contribution is 0.0526. The molecule has 2 aromatic heterocycles. The Labute approximate surface area is 174 Å². The second-order valence-electron chi connectivity index (χ2n) is 6.86. The van der Waals surface area contributed by atoms with Gasteiger partial charge in [0.15, 0.2) is 11.5 Å². The van der Waals surface area contributed by atoms with Crippen molar-refractivity contribution in [2.75, 3.05) is 18.9 Å². The van der Waals surface area contributed by atoms with Crippen molar-refractivity contribution in [1.29, 1.82) is 0 Å². The van der Waals surface area contributed by atoms with Gasteiger partial charge in [0.1, 0.15) is 5.52 Å². The van der Waals surface area contributed by atoms with E-state index in [4.69, 9.17) is 15.2 Å². The van der Waals surface area contributed by atoms with E-state index >= 15 is 0 Å². The van der Waals surface area contributed by atoms with Crippen molar-refractivity contribution in [3.05, 3.63) is 45.9 Å². The summed E-state index contributed by atoms with van der Waals surface area (Å²) in [6.07, 6.45) is 2.47. The van der Waals surface area contributed by atoms with Crippen molar-refractivity contribution in [2.45, 2.75) is 46.1 Å². The molecule has 3 aromatic rings. The van der Waals surface area contributed by atoms with E-state index < -0.39 is 0 Å². The van der Waals surface area contributed by atoms with Crippen LogP contribution in [0.3, 0.4) is 0 Å². The summed E-state index contributed by atoms with van der Waals surface area (Å²) in [7, 11) is 0. The van der Waals surface area contributed by atoms with Gasteiger partial charge in [0.2, 0.25) is 0 Å². The summed E-state index contributed by atoms with van der Waals surface area (Å²) in [5.74, 6) is -0.217. The Bertz CT molecular complexity index is 1070. The first-order valence-corrected chi connectivity index (χ1v) is 10.2. The number of rotatable bonds is 9. The first-order chi connectivity index (χ1) is 14.5. The zero-order valence-electron chi connectivity index (χ0n) is 17.5. The SMILES string of the molecule is CCCCOc1nc(N)c2[nH]c(=O)n(C(CC)c3ccc(C(=O)OCC)cc3)c2n1. The van der Waals surface area contributed by atoms with Crippen LogP contribution in [0.15, 0.2) is 29.1 Å². The highest BCUT2D eigenvalue weighted by Crippen LogP contribution is 2.26. The molecule has 1 unspecified atom stereocenters. The maximum atomic E-state index is 12.8. The molecule has 2 heterocycles. The highest BCUT2D eigenvalue weighted by atomic mass is 16.5. The van der Waals surface area contributed by atoms with Gasteiger partial charge in [-0.25, -0.2) is 9.59 Å². The molecule has 0 aliphatic heterocycles. The number of imidazole rings is 1. The van der Waals surface area contributed by atoms with Gasteiger partial charge in [0, 0.05) is 0 Å². The molecule has 3 rings (SSSR count). The molecule has 0 saturated carbocycles. The number of nitrogens with zero attached hydrogens (tertiary/aromatic N) is 3. The molecule has 1 atom stereocenters. The van der Waals surface area contributed by atoms with Crippen molar-refractivity contribution < 1.29 is 14.3 Å². The number of hydrogen-bond acceptors (Lipinski definition) is 7. The predicted octanol–water partition coefficient (Wildman–Crippen LogP) is 3.06. The van der Waals surface area contributed by atoms with E-state index in [1.807, 2.05) is 19.1 Å². The van der Waals surface area contributed by atoms with Gasteiger partial charge >= 0.3 is 17.7 Å². The average molecular weight is 413 g/mol. The zero-order chi connectivity index (χ0) is 21.7. The molecule has 0 fully saturated rings. The minimum atomic E-state index is -0.379. The fraction of sp³-hybridized carbons (Fsp3) is 0.429. The first-order valence-electron chi connectivity index (χ1n) is 10.2. The molecule has 0 aliphatic carbocycles. The van der Waals surface area contributed by atoms with Gasteiger partial charge in [0.05, 0.1) is 24.8 Å². The number of unbranched alkanes of at least 4 members (excludes halogenated alkanes) is 1. The quantitative estimate of drug-likeness (QED) is 0.408. The largest absolute Gasteiger partial charge is 0.463 e. The number of fused-ring (bicyclic) bond motifs is 1. The van der Waals surface area contributed by atoms with Crippen LogP contribution in [-0.2, 0) is 4.74 Å². The molecule has 0 saturated heterocycles. The lowest BCUT2D eigenvalue weighted by Crippen LogP contribution is -2.23. The van der Waals surface area contributed by atoms with E-state index in [-0.39, 0.29) is 29.5 Å². The van der Waals surface area contributed by atoms with Crippen LogP contribution in [0.1, 0.15) is 62.0 Å². The van der Waals surface area contributed by atoms with E-state index in [1.54, 1.807) is 23.6 Å². The Balaban J connectivity index is 2.01. The van der Waals surface area contributed by atoms with E-state index in [2.05, 4.69) is 21.9 Å². The number of benzene rings is 1. The smallest absolute Gasteiger partial charge is 0.338 e. The molecule has 0 spiro atoms. The maximum absolute atomic E-state index is 12.8. The Morgan fingerprint density at radius 2 is 1.93 bits per heavy atom. The monoisotopic (exact) mass is 413 g/mol. The number of nitrogen functional groups attached to an aromatic ring is 1. The second kappa shape index (κ2) is 9.43. The van der Waals surface area contributed by atoms with Crippen molar-refractivity contribution in [3.8, 4) is 6.01 Å². The lowest BCUT2D eigenvalue weighted by Gasteiger charge is -2.17. The number of hydrogen-bond donors (Lipinski definition) is 2. The summed E-state index contributed by atoms with van der Waals surface area (Å²) >= 11 is 0. The van der Waals surface area contributed by atoms with Crippen molar-refractivity contribution in [1.82, 2.24) is 19.5 Å². The minimum absolute atomic E-state index is 0.147.